The highest BCUT2D eigenvalue weighted by Crippen LogP contribution is 2.13. The second kappa shape index (κ2) is 3.30. The Morgan fingerprint density at radius 3 is 2.54 bits per heavy atom. The first kappa shape index (κ1) is 9.93. The van der Waals surface area contributed by atoms with Gasteiger partial charge in [0.2, 0.25) is 14.9 Å². The summed E-state index contributed by atoms with van der Waals surface area (Å²) in [5.41, 5.74) is 10.6. The van der Waals surface area contributed by atoms with Gasteiger partial charge in [0, 0.05) is 13.6 Å². The van der Waals surface area contributed by atoms with Gasteiger partial charge >= 0.3 is 0 Å². The molecule has 0 atom stereocenters. The van der Waals surface area contributed by atoms with Crippen LogP contribution in [0.2, 0.25) is 0 Å². The second-order valence-electron chi connectivity index (χ2n) is 2.51. The van der Waals surface area contributed by atoms with Gasteiger partial charge in [-0.3, -0.25) is 0 Å². The molecule has 0 saturated carbocycles. The van der Waals surface area contributed by atoms with E-state index in [2.05, 4.69) is 10.3 Å². The van der Waals surface area contributed by atoms with Crippen LogP contribution in [-0.2, 0) is 16.9 Å². The number of nitrogen functional groups attached to an aromatic ring is 1. The number of sulfone groups is 1. The van der Waals surface area contributed by atoms with E-state index in [4.69, 9.17) is 11.5 Å². The number of nitrogens with two attached hydrogens (primary N) is 2. The molecule has 0 aliphatic rings. The van der Waals surface area contributed by atoms with Crippen molar-refractivity contribution in [3.8, 4) is 0 Å². The fourth-order valence-corrected chi connectivity index (χ4v) is 1.93. The summed E-state index contributed by atoms with van der Waals surface area (Å²) in [4.78, 5) is 0. The normalized spacial score (nSPS) is 11.8. The third kappa shape index (κ3) is 1.78. The molecule has 0 amide bonds. The SMILES string of the molecule is Cn1nnc(S(=O)(=O)CCN)c1N. The molecular weight excluding hydrogens is 194 g/mol. The minimum atomic E-state index is -3.46. The molecule has 0 bridgehead atoms. The summed E-state index contributed by atoms with van der Waals surface area (Å²) < 4.78 is 24.0. The van der Waals surface area contributed by atoms with Crippen LogP contribution < -0.4 is 11.5 Å². The lowest BCUT2D eigenvalue weighted by molar-refractivity contribution is 0.592. The summed E-state index contributed by atoms with van der Waals surface area (Å²) in [5, 5.41) is 6.74. The van der Waals surface area contributed by atoms with Gasteiger partial charge in [-0.25, -0.2) is 13.1 Å². The molecule has 0 aromatic carbocycles. The lowest BCUT2D eigenvalue weighted by atomic mass is 10.8. The molecule has 1 rings (SSSR count). The summed E-state index contributed by atoms with van der Waals surface area (Å²) in [7, 11) is -1.95. The number of nitrogens with zero attached hydrogens (tertiary/aromatic N) is 3. The Bertz CT molecular complexity index is 395. The van der Waals surface area contributed by atoms with Gasteiger partial charge in [0.15, 0.2) is 5.82 Å². The molecule has 1 aromatic rings. The van der Waals surface area contributed by atoms with E-state index >= 15 is 0 Å². The Hall–Kier alpha value is -1.15. The van der Waals surface area contributed by atoms with Crippen molar-refractivity contribution in [1.82, 2.24) is 15.0 Å². The molecule has 0 fully saturated rings. The summed E-state index contributed by atoms with van der Waals surface area (Å²) in [6.45, 7) is 0.0400. The molecule has 4 N–H and O–H groups in total. The monoisotopic (exact) mass is 205 g/mol. The Morgan fingerprint density at radius 1 is 1.54 bits per heavy atom. The van der Waals surface area contributed by atoms with Crippen LogP contribution in [0.3, 0.4) is 0 Å². The zero-order chi connectivity index (χ0) is 10.1. The fourth-order valence-electron chi connectivity index (χ4n) is 0.819. The molecular formula is C5H11N5O2S. The lowest BCUT2D eigenvalue weighted by Crippen LogP contribution is -2.17. The topological polar surface area (TPSA) is 117 Å². The van der Waals surface area contributed by atoms with Gasteiger partial charge < -0.3 is 11.5 Å². The number of aryl methyl sites for hydroxylation is 1. The molecule has 0 aliphatic heterocycles. The molecule has 0 spiro atoms. The summed E-state index contributed by atoms with van der Waals surface area (Å²) in [5.74, 6) is -0.135. The lowest BCUT2D eigenvalue weighted by Gasteiger charge is -1.98. The van der Waals surface area contributed by atoms with Crippen molar-refractivity contribution in [2.75, 3.05) is 18.0 Å². The largest absolute Gasteiger partial charge is 0.381 e. The van der Waals surface area contributed by atoms with E-state index < -0.39 is 9.84 Å². The third-order valence-corrected chi connectivity index (χ3v) is 3.17. The maximum Gasteiger partial charge on any atom is 0.221 e. The summed E-state index contributed by atoms with van der Waals surface area (Å²) in [6, 6.07) is 0. The van der Waals surface area contributed by atoms with Gasteiger partial charge in [0.05, 0.1) is 5.75 Å². The van der Waals surface area contributed by atoms with E-state index in [0.29, 0.717) is 0 Å². The number of rotatable bonds is 3. The van der Waals surface area contributed by atoms with Crippen LogP contribution in [0.1, 0.15) is 0 Å². The van der Waals surface area contributed by atoms with Gasteiger partial charge in [-0.05, 0) is 0 Å². The predicted molar refractivity (Wildman–Crippen MR) is 46.5 cm³/mol. The van der Waals surface area contributed by atoms with Crippen molar-refractivity contribution in [1.29, 1.82) is 0 Å². The molecule has 74 valence electrons. The van der Waals surface area contributed by atoms with Gasteiger partial charge in [-0.1, -0.05) is 5.21 Å². The predicted octanol–water partition coefficient (Wildman–Crippen LogP) is -1.87. The van der Waals surface area contributed by atoms with E-state index in [0.717, 1.165) is 0 Å². The number of anilines is 1. The molecule has 0 saturated heterocycles. The van der Waals surface area contributed by atoms with Crippen molar-refractivity contribution in [2.24, 2.45) is 12.8 Å². The van der Waals surface area contributed by atoms with Crippen molar-refractivity contribution in [3.05, 3.63) is 0 Å². The molecule has 8 heteroatoms. The zero-order valence-electron chi connectivity index (χ0n) is 7.14. The molecule has 1 aromatic heterocycles. The average molecular weight is 205 g/mol. The van der Waals surface area contributed by atoms with Crippen LogP contribution in [0.15, 0.2) is 5.03 Å². The van der Waals surface area contributed by atoms with Gasteiger partial charge in [0.25, 0.3) is 0 Å². The van der Waals surface area contributed by atoms with Crippen LogP contribution >= 0.6 is 0 Å². The molecule has 0 aliphatic carbocycles. The highest BCUT2D eigenvalue weighted by molar-refractivity contribution is 7.91. The quantitative estimate of drug-likeness (QED) is 0.597. The minimum Gasteiger partial charge on any atom is -0.381 e. The summed E-state index contributed by atoms with van der Waals surface area (Å²) in [6.07, 6.45) is 0. The molecule has 13 heavy (non-hydrogen) atoms. The Kier molecular flexibility index (Phi) is 2.52. The van der Waals surface area contributed by atoms with Crippen LogP contribution in [-0.4, -0.2) is 35.7 Å². The van der Waals surface area contributed by atoms with Crippen LogP contribution in [0, 0.1) is 0 Å². The maximum absolute atomic E-state index is 11.4. The van der Waals surface area contributed by atoms with Crippen molar-refractivity contribution >= 4 is 15.7 Å². The fraction of sp³-hybridized carbons (Fsp3) is 0.600. The molecule has 0 unspecified atom stereocenters. The van der Waals surface area contributed by atoms with Crippen LogP contribution in [0.25, 0.3) is 0 Å². The molecule has 1 heterocycles. The van der Waals surface area contributed by atoms with Crippen LogP contribution in [0.5, 0.6) is 0 Å². The van der Waals surface area contributed by atoms with E-state index in [1.54, 1.807) is 0 Å². The average Bonchev–Trinajstić information content (AvgIpc) is 2.33. The molecule has 0 radical (unpaired) electrons. The van der Waals surface area contributed by atoms with E-state index in [-0.39, 0.29) is 23.1 Å². The minimum absolute atomic E-state index is 0.0356. The maximum atomic E-state index is 11.4. The second-order valence-corrected chi connectivity index (χ2v) is 4.54. The first-order valence-corrected chi connectivity index (χ1v) is 5.22. The van der Waals surface area contributed by atoms with E-state index in [1.807, 2.05) is 0 Å². The van der Waals surface area contributed by atoms with Crippen molar-refractivity contribution in [3.63, 3.8) is 0 Å². The van der Waals surface area contributed by atoms with Gasteiger partial charge in [0.1, 0.15) is 0 Å². The van der Waals surface area contributed by atoms with E-state index in [9.17, 15) is 8.42 Å². The van der Waals surface area contributed by atoms with Crippen molar-refractivity contribution in [2.45, 2.75) is 5.03 Å². The number of hydrogen-bond acceptors (Lipinski definition) is 6. The Balaban J connectivity index is 3.15. The van der Waals surface area contributed by atoms with Gasteiger partial charge in [-0.2, -0.15) is 0 Å². The highest BCUT2D eigenvalue weighted by atomic mass is 32.2. The first-order valence-electron chi connectivity index (χ1n) is 3.57. The highest BCUT2D eigenvalue weighted by Gasteiger charge is 2.21. The Labute approximate surface area is 75.6 Å². The Morgan fingerprint density at radius 2 is 2.15 bits per heavy atom. The van der Waals surface area contributed by atoms with E-state index in [1.165, 1.54) is 11.7 Å². The number of aromatic nitrogens is 3. The smallest absolute Gasteiger partial charge is 0.221 e. The zero-order valence-corrected chi connectivity index (χ0v) is 7.95. The van der Waals surface area contributed by atoms with Crippen LogP contribution in [0.4, 0.5) is 5.82 Å². The first-order chi connectivity index (χ1) is 5.99. The third-order valence-electron chi connectivity index (χ3n) is 1.52. The van der Waals surface area contributed by atoms with Crippen molar-refractivity contribution < 1.29 is 8.42 Å². The number of hydrogen-bond donors (Lipinski definition) is 2. The standard InChI is InChI=1S/C5H11N5O2S/c1-10-4(7)5(8-9-10)13(11,12)3-2-6/h2-3,6-7H2,1H3. The summed E-state index contributed by atoms with van der Waals surface area (Å²) >= 11 is 0. The van der Waals surface area contributed by atoms with Gasteiger partial charge in [-0.15, -0.1) is 5.10 Å². The molecule has 7 nitrogen and oxygen atoms in total.